The maximum atomic E-state index is 11.8. The molecular formula is C13H18N2O5. The summed E-state index contributed by atoms with van der Waals surface area (Å²) >= 11 is 0. The predicted molar refractivity (Wildman–Crippen MR) is 72.9 cm³/mol. The molecule has 0 radical (unpaired) electrons. The Morgan fingerprint density at radius 3 is 2.45 bits per heavy atom. The van der Waals surface area contributed by atoms with Gasteiger partial charge in [0.05, 0.1) is 24.8 Å². The molecule has 7 heteroatoms. The lowest BCUT2D eigenvalue weighted by Crippen LogP contribution is -2.38. The molecule has 0 aliphatic carbocycles. The van der Waals surface area contributed by atoms with E-state index >= 15 is 0 Å². The maximum absolute atomic E-state index is 11.8. The van der Waals surface area contributed by atoms with Crippen LogP contribution in [0.25, 0.3) is 0 Å². The molecule has 0 aromatic heterocycles. The van der Waals surface area contributed by atoms with Crippen LogP contribution < -0.4 is 5.32 Å². The summed E-state index contributed by atoms with van der Waals surface area (Å²) in [6.07, 6.45) is -0.759. The van der Waals surface area contributed by atoms with E-state index in [-0.39, 0.29) is 18.7 Å². The summed E-state index contributed by atoms with van der Waals surface area (Å²) in [5, 5.41) is 20.9. The molecular weight excluding hydrogens is 264 g/mol. The number of carboxylic acid groups (broad SMARTS) is 1. The zero-order chi connectivity index (χ0) is 15.1. The number of likely N-dealkylation sites (N-methyl/N-ethyl adjacent to an activating group) is 1. The summed E-state index contributed by atoms with van der Waals surface area (Å²) in [6.45, 7) is 0.276. The average Bonchev–Trinajstić information content (AvgIpc) is 2.39. The van der Waals surface area contributed by atoms with Crippen molar-refractivity contribution in [1.82, 2.24) is 4.90 Å². The van der Waals surface area contributed by atoms with Gasteiger partial charge < -0.3 is 25.2 Å². The van der Waals surface area contributed by atoms with Crippen molar-refractivity contribution in [3.05, 3.63) is 29.8 Å². The van der Waals surface area contributed by atoms with Gasteiger partial charge in [0.1, 0.15) is 0 Å². The van der Waals surface area contributed by atoms with Crippen LogP contribution in [0.2, 0.25) is 0 Å². The van der Waals surface area contributed by atoms with E-state index in [0.717, 1.165) is 0 Å². The highest BCUT2D eigenvalue weighted by Crippen LogP contribution is 2.10. The Morgan fingerprint density at radius 2 is 1.95 bits per heavy atom. The second-order valence-corrected chi connectivity index (χ2v) is 4.30. The highest BCUT2D eigenvalue weighted by atomic mass is 16.5. The van der Waals surface area contributed by atoms with E-state index in [9.17, 15) is 14.7 Å². The van der Waals surface area contributed by atoms with Crippen molar-refractivity contribution in [1.29, 1.82) is 0 Å². The number of carbonyl (C=O) groups is 2. The smallest absolute Gasteiger partial charge is 0.335 e. The molecule has 3 N–H and O–H groups in total. The molecule has 7 nitrogen and oxygen atoms in total. The molecule has 1 aromatic rings. The summed E-state index contributed by atoms with van der Waals surface area (Å²) in [4.78, 5) is 23.8. The zero-order valence-corrected chi connectivity index (χ0v) is 11.4. The summed E-state index contributed by atoms with van der Waals surface area (Å²) in [6, 6.07) is 5.40. The summed E-state index contributed by atoms with van der Waals surface area (Å²) in [5.41, 5.74) is 0.625. The monoisotopic (exact) mass is 282 g/mol. The minimum Gasteiger partial charge on any atom is -0.478 e. The molecule has 0 aliphatic rings. The second kappa shape index (κ2) is 7.46. The predicted octanol–water partition coefficient (Wildman–Crippen LogP) is 0.856. The van der Waals surface area contributed by atoms with Crippen molar-refractivity contribution < 1.29 is 24.5 Å². The van der Waals surface area contributed by atoms with E-state index in [2.05, 4.69) is 5.32 Å². The second-order valence-electron chi connectivity index (χ2n) is 4.30. The Kier molecular flexibility index (Phi) is 5.95. The molecule has 2 amide bonds. The molecule has 0 spiro atoms. The highest BCUT2D eigenvalue weighted by Gasteiger charge is 2.13. The van der Waals surface area contributed by atoms with Gasteiger partial charge in [-0.25, -0.2) is 9.59 Å². The van der Waals surface area contributed by atoms with Gasteiger partial charge in [-0.1, -0.05) is 0 Å². The first-order chi connectivity index (χ1) is 9.43. The Morgan fingerprint density at radius 1 is 1.35 bits per heavy atom. The molecule has 0 bridgehead atoms. The largest absolute Gasteiger partial charge is 0.478 e. The molecule has 110 valence electrons. The van der Waals surface area contributed by atoms with Gasteiger partial charge in [-0.2, -0.15) is 0 Å². The minimum absolute atomic E-state index is 0.132. The van der Waals surface area contributed by atoms with Crippen LogP contribution in [-0.4, -0.2) is 60.5 Å². The number of amides is 2. The zero-order valence-electron chi connectivity index (χ0n) is 11.4. The van der Waals surface area contributed by atoms with Crippen LogP contribution in [0.3, 0.4) is 0 Å². The molecule has 20 heavy (non-hydrogen) atoms. The number of aliphatic hydroxyl groups excluding tert-OH is 1. The Balaban J connectivity index is 2.54. The van der Waals surface area contributed by atoms with E-state index in [1.807, 2.05) is 0 Å². The first kappa shape index (κ1) is 15.9. The number of carboxylic acids is 1. The minimum atomic E-state index is -1.03. The number of hydrogen-bond acceptors (Lipinski definition) is 4. The van der Waals surface area contributed by atoms with E-state index in [4.69, 9.17) is 9.84 Å². The molecule has 0 saturated heterocycles. The molecule has 0 fully saturated rings. The number of rotatable bonds is 6. The van der Waals surface area contributed by atoms with Crippen molar-refractivity contribution in [2.45, 2.75) is 6.10 Å². The quantitative estimate of drug-likeness (QED) is 0.718. The standard InChI is InChI=1S/C13H18N2O5/c1-15(7-11(16)8-20-2)13(19)14-10-5-3-9(4-6-10)12(17)18/h3-6,11,16H,7-8H2,1-2H3,(H,14,19)(H,17,18). The number of urea groups is 1. The number of nitrogens with zero attached hydrogens (tertiary/aromatic N) is 1. The van der Waals surface area contributed by atoms with Gasteiger partial charge in [0.2, 0.25) is 0 Å². The van der Waals surface area contributed by atoms with Gasteiger partial charge in [0.15, 0.2) is 0 Å². The van der Waals surface area contributed by atoms with E-state index in [1.54, 1.807) is 7.05 Å². The lowest BCUT2D eigenvalue weighted by molar-refractivity contribution is 0.0501. The van der Waals surface area contributed by atoms with Crippen LogP contribution >= 0.6 is 0 Å². The van der Waals surface area contributed by atoms with E-state index in [0.29, 0.717) is 5.69 Å². The number of anilines is 1. The summed E-state index contributed by atoms with van der Waals surface area (Å²) in [7, 11) is 3.01. The first-order valence-corrected chi connectivity index (χ1v) is 5.96. The Hall–Kier alpha value is -2.12. The lowest BCUT2D eigenvalue weighted by atomic mass is 10.2. The maximum Gasteiger partial charge on any atom is 0.335 e. The normalized spacial score (nSPS) is 11.8. The fraction of sp³-hybridized carbons (Fsp3) is 0.385. The highest BCUT2D eigenvalue weighted by molar-refractivity contribution is 5.91. The molecule has 1 atom stereocenters. The number of aliphatic hydroxyl groups is 1. The van der Waals surface area contributed by atoms with Gasteiger partial charge in [-0.05, 0) is 24.3 Å². The van der Waals surface area contributed by atoms with Gasteiger partial charge in [0.25, 0.3) is 0 Å². The Bertz CT molecular complexity index is 460. The van der Waals surface area contributed by atoms with Crippen LogP contribution in [0, 0.1) is 0 Å². The molecule has 1 unspecified atom stereocenters. The number of methoxy groups -OCH3 is 1. The summed E-state index contributed by atoms with van der Waals surface area (Å²) < 4.78 is 4.77. The van der Waals surface area contributed by atoms with Crippen LogP contribution in [-0.2, 0) is 4.74 Å². The number of carbonyl (C=O) groups excluding carboxylic acids is 1. The average molecular weight is 282 g/mol. The fourth-order valence-electron chi connectivity index (χ4n) is 1.56. The third kappa shape index (κ3) is 4.87. The number of aromatic carboxylic acids is 1. The van der Waals surface area contributed by atoms with Crippen molar-refractivity contribution in [3.8, 4) is 0 Å². The SMILES string of the molecule is COCC(O)CN(C)C(=O)Nc1ccc(C(=O)O)cc1. The van der Waals surface area contributed by atoms with Crippen molar-refractivity contribution >= 4 is 17.7 Å². The Labute approximate surface area is 116 Å². The van der Waals surface area contributed by atoms with Crippen LogP contribution in [0.15, 0.2) is 24.3 Å². The van der Waals surface area contributed by atoms with Gasteiger partial charge in [-0.15, -0.1) is 0 Å². The number of hydrogen-bond donors (Lipinski definition) is 3. The topological polar surface area (TPSA) is 99.1 Å². The van der Waals surface area contributed by atoms with E-state index in [1.165, 1.54) is 36.3 Å². The van der Waals surface area contributed by atoms with Crippen molar-refractivity contribution in [3.63, 3.8) is 0 Å². The number of benzene rings is 1. The van der Waals surface area contributed by atoms with Crippen LogP contribution in [0.5, 0.6) is 0 Å². The lowest BCUT2D eigenvalue weighted by Gasteiger charge is -2.20. The molecule has 1 aromatic carbocycles. The molecule has 1 rings (SSSR count). The number of nitrogens with one attached hydrogen (secondary N) is 1. The van der Waals surface area contributed by atoms with Crippen molar-refractivity contribution in [2.75, 3.05) is 32.6 Å². The third-order valence-corrected chi connectivity index (χ3v) is 2.57. The molecule has 0 aliphatic heterocycles. The molecule has 0 saturated carbocycles. The van der Waals surface area contributed by atoms with E-state index < -0.39 is 18.1 Å². The fourth-order valence-corrected chi connectivity index (χ4v) is 1.56. The van der Waals surface area contributed by atoms with Crippen LogP contribution in [0.4, 0.5) is 10.5 Å². The molecule has 0 heterocycles. The summed E-state index contributed by atoms with van der Waals surface area (Å²) in [5.74, 6) is -1.03. The third-order valence-electron chi connectivity index (χ3n) is 2.57. The van der Waals surface area contributed by atoms with Crippen molar-refractivity contribution in [2.24, 2.45) is 0 Å². The first-order valence-electron chi connectivity index (χ1n) is 5.96. The number of ether oxygens (including phenoxy) is 1. The van der Waals surface area contributed by atoms with Gasteiger partial charge >= 0.3 is 12.0 Å². The van der Waals surface area contributed by atoms with Gasteiger partial charge in [-0.3, -0.25) is 0 Å². The van der Waals surface area contributed by atoms with Crippen LogP contribution in [0.1, 0.15) is 10.4 Å². The van der Waals surface area contributed by atoms with Gasteiger partial charge in [0, 0.05) is 19.8 Å².